The van der Waals surface area contributed by atoms with Gasteiger partial charge in [0.1, 0.15) is 5.60 Å². The Morgan fingerprint density at radius 1 is 1.09 bits per heavy atom. The van der Waals surface area contributed by atoms with Crippen molar-refractivity contribution in [2.24, 2.45) is 9.98 Å². The zero-order valence-electron chi connectivity index (χ0n) is 14.9. The number of thioether (sulfide) groups is 2. The van der Waals surface area contributed by atoms with Gasteiger partial charge in [0, 0.05) is 19.6 Å². The van der Waals surface area contributed by atoms with Crippen LogP contribution in [0.25, 0.3) is 0 Å². The zero-order valence-corrected chi connectivity index (χ0v) is 16.6. The third-order valence-corrected chi connectivity index (χ3v) is 4.66. The van der Waals surface area contributed by atoms with Crippen molar-refractivity contribution in [2.45, 2.75) is 52.1 Å². The molecule has 2 rings (SSSR count). The van der Waals surface area contributed by atoms with Gasteiger partial charge in [-0.1, -0.05) is 11.8 Å². The maximum absolute atomic E-state index is 11.8. The Hall–Kier alpha value is -0.690. The van der Waals surface area contributed by atoms with E-state index >= 15 is 0 Å². The van der Waals surface area contributed by atoms with E-state index in [-0.39, 0.29) is 6.09 Å². The summed E-state index contributed by atoms with van der Waals surface area (Å²) in [5.74, 6) is 0. The van der Waals surface area contributed by atoms with Crippen molar-refractivity contribution >= 4 is 39.8 Å². The SMILES string of the molecule is CSC1=NCCCC1.CSC1=NCCCN1C(=O)OC(C)(C)C. The molecule has 2 aliphatic rings. The van der Waals surface area contributed by atoms with Crippen molar-refractivity contribution in [3.63, 3.8) is 0 Å². The lowest BCUT2D eigenvalue weighted by Gasteiger charge is -2.29. The third kappa shape index (κ3) is 8.11. The van der Waals surface area contributed by atoms with Gasteiger partial charge in [-0.15, -0.1) is 11.8 Å². The molecule has 0 aromatic heterocycles. The van der Waals surface area contributed by atoms with Crippen molar-refractivity contribution in [3.8, 4) is 0 Å². The van der Waals surface area contributed by atoms with Crippen LogP contribution in [0.2, 0.25) is 0 Å². The molecular formula is C16H29N3O2S2. The molecule has 132 valence electrons. The van der Waals surface area contributed by atoms with E-state index in [1.165, 1.54) is 36.1 Å². The number of carbonyl (C=O) groups is 1. The Bertz CT molecular complexity index is 445. The Morgan fingerprint density at radius 3 is 2.26 bits per heavy atom. The molecule has 0 N–H and O–H groups in total. The van der Waals surface area contributed by atoms with Gasteiger partial charge in [0.25, 0.3) is 0 Å². The largest absolute Gasteiger partial charge is 0.443 e. The molecule has 0 fully saturated rings. The summed E-state index contributed by atoms with van der Waals surface area (Å²) in [4.78, 5) is 22.0. The zero-order chi connectivity index (χ0) is 17.3. The lowest BCUT2D eigenvalue weighted by molar-refractivity contribution is 0.0368. The molecule has 1 amide bonds. The van der Waals surface area contributed by atoms with Crippen molar-refractivity contribution < 1.29 is 9.53 Å². The number of ether oxygens (including phenoxy) is 1. The van der Waals surface area contributed by atoms with Crippen molar-refractivity contribution in [2.75, 3.05) is 32.1 Å². The molecule has 7 heteroatoms. The van der Waals surface area contributed by atoms with E-state index in [0.29, 0.717) is 6.54 Å². The molecule has 0 aromatic rings. The fourth-order valence-corrected chi connectivity index (χ4v) is 3.26. The minimum absolute atomic E-state index is 0.296. The number of hydrogen-bond acceptors (Lipinski definition) is 6. The van der Waals surface area contributed by atoms with Crippen LogP contribution in [0.1, 0.15) is 46.5 Å². The molecule has 0 saturated carbocycles. The maximum atomic E-state index is 11.8. The molecule has 0 atom stereocenters. The predicted molar refractivity (Wildman–Crippen MR) is 103 cm³/mol. The average molecular weight is 360 g/mol. The van der Waals surface area contributed by atoms with Crippen LogP contribution in [0, 0.1) is 0 Å². The third-order valence-electron chi connectivity index (χ3n) is 3.14. The first-order chi connectivity index (χ1) is 10.9. The number of hydrogen-bond donors (Lipinski definition) is 0. The van der Waals surface area contributed by atoms with Gasteiger partial charge >= 0.3 is 6.09 Å². The molecule has 0 aliphatic carbocycles. The molecule has 0 saturated heterocycles. The van der Waals surface area contributed by atoms with Crippen LogP contribution in [0.3, 0.4) is 0 Å². The molecule has 0 bridgehead atoms. The Labute approximate surface area is 148 Å². The molecule has 5 nitrogen and oxygen atoms in total. The first-order valence-corrected chi connectivity index (χ1v) is 10.5. The highest BCUT2D eigenvalue weighted by atomic mass is 32.2. The van der Waals surface area contributed by atoms with E-state index in [9.17, 15) is 4.79 Å². The highest BCUT2D eigenvalue weighted by Crippen LogP contribution is 2.16. The van der Waals surface area contributed by atoms with Gasteiger partial charge in [-0.25, -0.2) is 4.79 Å². The predicted octanol–water partition coefficient (Wildman–Crippen LogP) is 4.28. The maximum Gasteiger partial charge on any atom is 0.416 e. The summed E-state index contributed by atoms with van der Waals surface area (Å²) in [7, 11) is 0. The minimum atomic E-state index is -0.446. The quantitative estimate of drug-likeness (QED) is 0.648. The second-order valence-corrected chi connectivity index (χ2v) is 7.94. The monoisotopic (exact) mass is 359 g/mol. The van der Waals surface area contributed by atoms with E-state index in [1.54, 1.807) is 16.7 Å². The Morgan fingerprint density at radius 2 is 1.78 bits per heavy atom. The van der Waals surface area contributed by atoms with Crippen LogP contribution in [0.4, 0.5) is 4.79 Å². The van der Waals surface area contributed by atoms with E-state index in [1.807, 2.05) is 27.0 Å². The summed E-state index contributed by atoms with van der Waals surface area (Å²) in [6.45, 7) is 8.17. The van der Waals surface area contributed by atoms with Crippen LogP contribution in [0.15, 0.2) is 9.98 Å². The number of amidine groups is 1. The molecule has 23 heavy (non-hydrogen) atoms. The van der Waals surface area contributed by atoms with Gasteiger partial charge in [-0.2, -0.15) is 0 Å². The highest BCUT2D eigenvalue weighted by Gasteiger charge is 2.26. The summed E-state index contributed by atoms with van der Waals surface area (Å²) in [6, 6.07) is 0. The van der Waals surface area contributed by atoms with E-state index in [0.717, 1.165) is 24.7 Å². The van der Waals surface area contributed by atoms with Crippen LogP contribution in [-0.2, 0) is 4.74 Å². The lowest BCUT2D eigenvalue weighted by Crippen LogP contribution is -2.42. The average Bonchev–Trinajstić information content (AvgIpc) is 2.54. The van der Waals surface area contributed by atoms with Gasteiger partial charge in [0.15, 0.2) is 5.17 Å². The molecule has 2 aliphatic heterocycles. The van der Waals surface area contributed by atoms with Gasteiger partial charge in [0.05, 0.1) is 5.04 Å². The minimum Gasteiger partial charge on any atom is -0.443 e. The summed E-state index contributed by atoms with van der Waals surface area (Å²) in [5, 5.41) is 2.10. The van der Waals surface area contributed by atoms with Crippen LogP contribution in [0.5, 0.6) is 0 Å². The second kappa shape index (κ2) is 10.2. The van der Waals surface area contributed by atoms with Gasteiger partial charge in [0.2, 0.25) is 0 Å². The number of aliphatic imine (C=N–C) groups is 2. The molecule has 0 radical (unpaired) electrons. The fraction of sp³-hybridized carbons (Fsp3) is 0.812. The van der Waals surface area contributed by atoms with Crippen molar-refractivity contribution in [1.29, 1.82) is 0 Å². The highest BCUT2D eigenvalue weighted by molar-refractivity contribution is 8.13. The van der Waals surface area contributed by atoms with E-state index < -0.39 is 5.60 Å². The standard InChI is InChI=1S/C10H18N2O2S.C6H11NS/c1-10(2,3)14-9(13)12-7-5-6-11-8(12)15-4;1-8-6-4-2-3-5-7-6/h5-7H2,1-4H3;2-5H2,1H3. The van der Waals surface area contributed by atoms with Gasteiger partial charge in [-0.05, 0) is 59.0 Å². The van der Waals surface area contributed by atoms with Gasteiger partial charge in [-0.3, -0.25) is 14.9 Å². The van der Waals surface area contributed by atoms with Crippen LogP contribution < -0.4 is 0 Å². The normalized spacial score (nSPS) is 18.4. The fourth-order valence-electron chi connectivity index (χ4n) is 2.08. The van der Waals surface area contributed by atoms with Crippen molar-refractivity contribution in [3.05, 3.63) is 0 Å². The number of carbonyl (C=O) groups excluding carboxylic acids is 1. The smallest absolute Gasteiger partial charge is 0.416 e. The summed E-state index contributed by atoms with van der Waals surface area (Å²) in [6.07, 6.45) is 8.50. The number of nitrogens with zero attached hydrogens (tertiary/aromatic N) is 3. The molecule has 2 heterocycles. The number of amides is 1. The summed E-state index contributed by atoms with van der Waals surface area (Å²) < 4.78 is 5.30. The molecular weight excluding hydrogens is 330 g/mol. The first kappa shape index (κ1) is 20.4. The van der Waals surface area contributed by atoms with Crippen LogP contribution >= 0.6 is 23.5 Å². The Kier molecular flexibility index (Phi) is 9.06. The molecule has 0 aromatic carbocycles. The second-order valence-electron chi connectivity index (χ2n) is 6.29. The topological polar surface area (TPSA) is 54.3 Å². The summed E-state index contributed by atoms with van der Waals surface area (Å²) in [5.41, 5.74) is -0.446. The van der Waals surface area contributed by atoms with Gasteiger partial charge < -0.3 is 4.74 Å². The number of rotatable bonds is 0. The van der Waals surface area contributed by atoms with E-state index in [2.05, 4.69) is 16.2 Å². The van der Waals surface area contributed by atoms with Crippen molar-refractivity contribution in [1.82, 2.24) is 4.90 Å². The first-order valence-electron chi connectivity index (χ1n) is 8.03. The lowest BCUT2D eigenvalue weighted by atomic mass is 10.2. The van der Waals surface area contributed by atoms with E-state index in [4.69, 9.17) is 4.74 Å². The molecule has 0 unspecified atom stereocenters. The molecule has 0 spiro atoms. The summed E-state index contributed by atoms with van der Waals surface area (Å²) >= 11 is 3.28. The Balaban J connectivity index is 0.000000277. The van der Waals surface area contributed by atoms with Crippen LogP contribution in [-0.4, -0.2) is 59.0 Å².